The molecule has 118 valence electrons. The molecule has 0 aromatic heterocycles. The van der Waals surface area contributed by atoms with Crippen molar-refractivity contribution in [1.29, 1.82) is 0 Å². The van der Waals surface area contributed by atoms with Crippen LogP contribution in [0.5, 0.6) is 11.5 Å². The first-order chi connectivity index (χ1) is 10.0. The Kier molecular flexibility index (Phi) is 4.99. The normalized spacial score (nSPS) is 23.3. The van der Waals surface area contributed by atoms with E-state index in [2.05, 4.69) is 19.2 Å². The van der Waals surface area contributed by atoms with Crippen LogP contribution in [0.25, 0.3) is 0 Å². The molecule has 4 nitrogen and oxygen atoms in total. The number of rotatable bonds is 7. The average Bonchev–Trinajstić information content (AvgIpc) is 2.47. The predicted molar refractivity (Wildman–Crippen MR) is 85.4 cm³/mol. The van der Waals surface area contributed by atoms with E-state index >= 15 is 0 Å². The molecule has 1 N–H and O–H groups in total. The lowest BCUT2D eigenvalue weighted by Gasteiger charge is -2.52. The van der Waals surface area contributed by atoms with Gasteiger partial charge in [0.25, 0.3) is 0 Å². The highest BCUT2D eigenvalue weighted by molar-refractivity contribution is 5.55. The van der Waals surface area contributed by atoms with Crippen LogP contribution in [0.4, 0.5) is 5.69 Å². The first kappa shape index (κ1) is 16.0. The van der Waals surface area contributed by atoms with Crippen molar-refractivity contribution in [3.05, 3.63) is 18.2 Å². The summed E-state index contributed by atoms with van der Waals surface area (Å²) in [6.45, 7) is 9.93. The largest absolute Gasteiger partial charge is 0.493 e. The van der Waals surface area contributed by atoms with E-state index < -0.39 is 0 Å². The second-order valence-corrected chi connectivity index (χ2v) is 6.00. The van der Waals surface area contributed by atoms with Gasteiger partial charge in [0.05, 0.1) is 19.8 Å². The third kappa shape index (κ3) is 3.26. The fraction of sp³-hybridized carbons (Fsp3) is 0.647. The topological polar surface area (TPSA) is 39.7 Å². The summed E-state index contributed by atoms with van der Waals surface area (Å²) in [4.78, 5) is 0. The molecule has 1 aromatic carbocycles. The zero-order chi connectivity index (χ0) is 15.5. The van der Waals surface area contributed by atoms with Gasteiger partial charge in [-0.05, 0) is 32.4 Å². The van der Waals surface area contributed by atoms with E-state index in [1.54, 1.807) is 7.11 Å². The Balaban J connectivity index is 2.04. The number of ether oxygens (including phenoxy) is 3. The maximum atomic E-state index is 5.77. The average molecular weight is 293 g/mol. The summed E-state index contributed by atoms with van der Waals surface area (Å²) >= 11 is 0. The Morgan fingerprint density at radius 1 is 1.19 bits per heavy atom. The minimum absolute atomic E-state index is 0.141. The summed E-state index contributed by atoms with van der Waals surface area (Å²) in [7, 11) is 1.67. The molecule has 4 heteroatoms. The number of anilines is 1. The number of nitrogens with one attached hydrogen (secondary N) is 1. The quantitative estimate of drug-likeness (QED) is 0.832. The fourth-order valence-electron chi connectivity index (χ4n) is 2.85. The van der Waals surface area contributed by atoms with Gasteiger partial charge in [0.1, 0.15) is 0 Å². The molecule has 0 bridgehead atoms. The number of hydrogen-bond donors (Lipinski definition) is 1. The molecule has 1 aliphatic carbocycles. The van der Waals surface area contributed by atoms with Gasteiger partial charge in [-0.1, -0.05) is 13.8 Å². The summed E-state index contributed by atoms with van der Waals surface area (Å²) in [6.07, 6.45) is 1.38. The van der Waals surface area contributed by atoms with Crippen molar-refractivity contribution in [1.82, 2.24) is 0 Å². The molecule has 1 aromatic rings. The van der Waals surface area contributed by atoms with Gasteiger partial charge in [0.2, 0.25) is 0 Å². The number of methoxy groups -OCH3 is 1. The second kappa shape index (κ2) is 6.56. The standard InChI is InChI=1S/C17H27NO3/c1-6-20-13-9-8-12(10-14(13)19-5)18-15-11-16(21-7-2)17(15,3)4/h8-10,15-16,18H,6-7,11H2,1-5H3. The third-order valence-electron chi connectivity index (χ3n) is 4.35. The van der Waals surface area contributed by atoms with Crippen LogP contribution in [0.2, 0.25) is 0 Å². The fourth-order valence-corrected chi connectivity index (χ4v) is 2.85. The number of benzene rings is 1. The van der Waals surface area contributed by atoms with Gasteiger partial charge in [0.15, 0.2) is 11.5 Å². The van der Waals surface area contributed by atoms with Crippen molar-refractivity contribution in [2.24, 2.45) is 5.41 Å². The minimum atomic E-state index is 0.141. The molecule has 2 rings (SSSR count). The van der Waals surface area contributed by atoms with Crippen molar-refractivity contribution in [3.8, 4) is 11.5 Å². The zero-order valence-corrected chi connectivity index (χ0v) is 13.7. The first-order valence-corrected chi connectivity index (χ1v) is 7.71. The molecule has 21 heavy (non-hydrogen) atoms. The SMILES string of the molecule is CCOc1ccc(NC2CC(OCC)C2(C)C)cc1OC. The van der Waals surface area contributed by atoms with Crippen LogP contribution in [-0.2, 0) is 4.74 Å². The predicted octanol–water partition coefficient (Wildman–Crippen LogP) is 3.71. The van der Waals surface area contributed by atoms with Crippen molar-refractivity contribution in [2.75, 3.05) is 25.6 Å². The molecule has 0 spiro atoms. The molecule has 0 radical (unpaired) electrons. The van der Waals surface area contributed by atoms with E-state index in [1.165, 1.54) is 0 Å². The summed E-state index contributed by atoms with van der Waals surface area (Å²) < 4.78 is 16.7. The second-order valence-electron chi connectivity index (χ2n) is 6.00. The van der Waals surface area contributed by atoms with Crippen molar-refractivity contribution in [3.63, 3.8) is 0 Å². The molecule has 2 atom stereocenters. The van der Waals surface area contributed by atoms with Crippen LogP contribution in [0.15, 0.2) is 18.2 Å². The van der Waals surface area contributed by atoms with E-state index in [0.717, 1.165) is 30.2 Å². The molecular formula is C17H27NO3. The molecule has 2 unspecified atom stereocenters. The van der Waals surface area contributed by atoms with Crippen molar-refractivity contribution < 1.29 is 14.2 Å². The van der Waals surface area contributed by atoms with Crippen LogP contribution >= 0.6 is 0 Å². The maximum absolute atomic E-state index is 5.77. The molecular weight excluding hydrogens is 266 g/mol. The van der Waals surface area contributed by atoms with Crippen LogP contribution in [0, 0.1) is 5.41 Å². The Hall–Kier alpha value is -1.42. The molecule has 0 heterocycles. The summed E-state index contributed by atoms with van der Waals surface area (Å²) in [5, 5.41) is 3.59. The van der Waals surface area contributed by atoms with Crippen molar-refractivity contribution in [2.45, 2.75) is 46.3 Å². The van der Waals surface area contributed by atoms with Crippen LogP contribution < -0.4 is 14.8 Å². The van der Waals surface area contributed by atoms with E-state index in [1.807, 2.05) is 32.0 Å². The smallest absolute Gasteiger partial charge is 0.162 e. The summed E-state index contributed by atoms with van der Waals surface area (Å²) in [5.74, 6) is 1.55. The van der Waals surface area contributed by atoms with Gasteiger partial charge in [0, 0.05) is 29.8 Å². The summed E-state index contributed by atoms with van der Waals surface area (Å²) in [5.41, 5.74) is 1.20. The van der Waals surface area contributed by atoms with E-state index in [4.69, 9.17) is 14.2 Å². The van der Waals surface area contributed by atoms with Gasteiger partial charge in [-0.2, -0.15) is 0 Å². The maximum Gasteiger partial charge on any atom is 0.162 e. The highest BCUT2D eigenvalue weighted by Gasteiger charge is 2.48. The van der Waals surface area contributed by atoms with Gasteiger partial charge < -0.3 is 19.5 Å². The molecule has 0 saturated heterocycles. The lowest BCUT2D eigenvalue weighted by molar-refractivity contribution is -0.0975. The van der Waals surface area contributed by atoms with Gasteiger partial charge >= 0.3 is 0 Å². The monoisotopic (exact) mass is 293 g/mol. The van der Waals surface area contributed by atoms with E-state index in [0.29, 0.717) is 18.8 Å². The Labute approximate surface area is 127 Å². The highest BCUT2D eigenvalue weighted by atomic mass is 16.5. The van der Waals surface area contributed by atoms with E-state index in [9.17, 15) is 0 Å². The zero-order valence-electron chi connectivity index (χ0n) is 13.7. The van der Waals surface area contributed by atoms with Gasteiger partial charge in [-0.15, -0.1) is 0 Å². The molecule has 1 saturated carbocycles. The van der Waals surface area contributed by atoms with Gasteiger partial charge in [-0.3, -0.25) is 0 Å². The van der Waals surface area contributed by atoms with Crippen LogP contribution in [0.1, 0.15) is 34.1 Å². The van der Waals surface area contributed by atoms with Crippen LogP contribution in [0.3, 0.4) is 0 Å². The van der Waals surface area contributed by atoms with Crippen molar-refractivity contribution >= 4 is 5.69 Å². The molecule has 1 aliphatic rings. The summed E-state index contributed by atoms with van der Waals surface area (Å²) in [6, 6.07) is 6.40. The minimum Gasteiger partial charge on any atom is -0.493 e. The number of hydrogen-bond acceptors (Lipinski definition) is 4. The Bertz CT molecular complexity index is 473. The molecule has 0 aliphatic heterocycles. The lowest BCUT2D eigenvalue weighted by Crippen LogP contribution is -2.58. The Morgan fingerprint density at radius 3 is 2.52 bits per heavy atom. The van der Waals surface area contributed by atoms with Gasteiger partial charge in [-0.25, -0.2) is 0 Å². The lowest BCUT2D eigenvalue weighted by atomic mass is 9.64. The Morgan fingerprint density at radius 2 is 1.95 bits per heavy atom. The molecule has 1 fully saturated rings. The van der Waals surface area contributed by atoms with E-state index in [-0.39, 0.29) is 5.41 Å². The van der Waals surface area contributed by atoms with Crippen LogP contribution in [-0.4, -0.2) is 32.5 Å². The third-order valence-corrected chi connectivity index (χ3v) is 4.35. The molecule has 0 amide bonds. The highest BCUT2D eigenvalue weighted by Crippen LogP contribution is 2.44. The first-order valence-electron chi connectivity index (χ1n) is 7.71.